The Balaban J connectivity index is 0.963. The second-order valence-electron chi connectivity index (χ2n) is 12.9. The number of ether oxygens (including phenoxy) is 1. The van der Waals surface area contributed by atoms with Crippen molar-refractivity contribution in [1.82, 2.24) is 0 Å². The Morgan fingerprint density at radius 3 is 1.51 bits per heavy atom. The van der Waals surface area contributed by atoms with E-state index in [1.807, 2.05) is 0 Å². The second kappa shape index (κ2) is 15.7. The molecule has 0 atom stereocenters. The molecule has 0 spiro atoms. The molecule has 5 aromatic carbocycles. The van der Waals surface area contributed by atoms with E-state index < -0.39 is 18.8 Å². The van der Waals surface area contributed by atoms with Crippen LogP contribution >= 0.6 is 7.26 Å². The van der Waals surface area contributed by atoms with E-state index in [1.54, 1.807) is 13.0 Å². The zero-order chi connectivity index (χ0) is 34.2. The van der Waals surface area contributed by atoms with Crippen molar-refractivity contribution >= 4 is 34.7 Å². The predicted molar refractivity (Wildman–Crippen MR) is 200 cm³/mol. The Morgan fingerprint density at radius 1 is 0.531 bits per heavy atom. The minimum absolute atomic E-state index is 0.0618. The summed E-state index contributed by atoms with van der Waals surface area (Å²) in [6, 6.07) is 39.2. The molecule has 2 N–H and O–H groups in total. The van der Waals surface area contributed by atoms with Crippen LogP contribution in [0, 0.1) is 6.92 Å². The van der Waals surface area contributed by atoms with Crippen LogP contribution in [0.1, 0.15) is 88.8 Å². The lowest BCUT2D eigenvalue weighted by atomic mass is 9.82. The molecule has 0 aliphatic heterocycles. The van der Waals surface area contributed by atoms with Crippen LogP contribution in [0.5, 0.6) is 17.2 Å². The molecule has 49 heavy (non-hydrogen) atoms. The molecule has 5 nitrogen and oxygen atoms in total. The van der Waals surface area contributed by atoms with Crippen molar-refractivity contribution in [3.05, 3.63) is 143 Å². The van der Waals surface area contributed by atoms with Crippen LogP contribution in [0.25, 0.3) is 0 Å². The summed E-state index contributed by atoms with van der Waals surface area (Å²) in [6.07, 6.45) is 10.2. The number of aromatic hydroxyl groups is 2. The molecular formula is C43H44O5P+. The number of hydrogen-bond acceptors (Lipinski definition) is 5. The Kier molecular flexibility index (Phi) is 10.9. The first-order valence-electron chi connectivity index (χ1n) is 17.4. The van der Waals surface area contributed by atoms with Crippen molar-refractivity contribution in [2.75, 3.05) is 12.8 Å². The lowest BCUT2D eigenvalue weighted by molar-refractivity contribution is 0.0973. The average Bonchev–Trinajstić information content (AvgIpc) is 3.12. The fourth-order valence-corrected chi connectivity index (χ4v) is 11.6. The van der Waals surface area contributed by atoms with Crippen molar-refractivity contribution in [2.45, 2.75) is 58.3 Å². The van der Waals surface area contributed by atoms with Gasteiger partial charge < -0.3 is 14.9 Å². The lowest BCUT2D eigenvalue weighted by Crippen LogP contribution is -2.33. The van der Waals surface area contributed by atoms with Gasteiger partial charge in [0.15, 0.2) is 5.78 Å². The molecule has 0 amide bonds. The topological polar surface area (TPSA) is 83.8 Å². The van der Waals surface area contributed by atoms with Crippen LogP contribution in [0.2, 0.25) is 0 Å². The lowest BCUT2D eigenvalue weighted by Gasteiger charge is -2.27. The number of aryl methyl sites for hydroxylation is 1. The highest BCUT2D eigenvalue weighted by molar-refractivity contribution is 7.95. The summed E-state index contributed by atoms with van der Waals surface area (Å²) in [4.78, 5) is 26.3. The third-order valence-electron chi connectivity index (χ3n) is 9.54. The van der Waals surface area contributed by atoms with Crippen LogP contribution < -0.4 is 20.7 Å². The van der Waals surface area contributed by atoms with E-state index in [0.29, 0.717) is 17.9 Å². The molecule has 1 aliphatic carbocycles. The van der Waals surface area contributed by atoms with Gasteiger partial charge in [0, 0.05) is 17.2 Å². The zero-order valence-electron chi connectivity index (χ0n) is 28.1. The summed E-state index contributed by atoms with van der Waals surface area (Å²) in [7, 11) is -1.76. The summed E-state index contributed by atoms with van der Waals surface area (Å²) in [6.45, 7) is 2.21. The number of carbonyl (C=O) groups is 2. The van der Waals surface area contributed by atoms with Gasteiger partial charge in [-0.3, -0.25) is 9.59 Å². The molecule has 0 saturated heterocycles. The standard InChI is InChI=1S/C43H43O5P/c1-31-27-36-40(38(44)28-31)43(47)41-37(42(36)46)29-32(30-39(41)45)48-25-17-6-4-2-3-5-7-18-26-49(33-19-11-8-12-20-33,34-21-13-9-14-22-34)35-23-15-10-16-24-35/h8-16,19-24,27-30H,2-7,17-18,25-26H2,1H3,(H-,44,45,47)/p+1. The smallest absolute Gasteiger partial charge is 0.201 e. The van der Waals surface area contributed by atoms with E-state index in [9.17, 15) is 19.8 Å². The first-order chi connectivity index (χ1) is 23.9. The Morgan fingerprint density at radius 2 is 0.980 bits per heavy atom. The van der Waals surface area contributed by atoms with E-state index in [0.717, 1.165) is 25.4 Å². The highest BCUT2D eigenvalue weighted by Gasteiger charge is 2.44. The van der Waals surface area contributed by atoms with Crippen molar-refractivity contribution in [2.24, 2.45) is 0 Å². The van der Waals surface area contributed by atoms with Gasteiger partial charge in [-0.2, -0.15) is 0 Å². The van der Waals surface area contributed by atoms with Gasteiger partial charge in [0.2, 0.25) is 5.78 Å². The SMILES string of the molecule is Cc1cc(O)c2c(c1)C(=O)c1cc(OCCCCCCCCCC[P+](c3ccccc3)(c3ccccc3)c3ccccc3)cc(O)c1C2=O. The fraction of sp³-hybridized carbons (Fsp3) is 0.256. The number of benzene rings is 5. The predicted octanol–water partition coefficient (Wildman–Crippen LogP) is 8.68. The van der Waals surface area contributed by atoms with Gasteiger partial charge in [0.25, 0.3) is 0 Å². The summed E-state index contributed by atoms with van der Waals surface area (Å²) in [5.74, 6) is -1.17. The maximum atomic E-state index is 13.2. The molecule has 5 aromatic rings. The molecule has 0 unspecified atom stereocenters. The number of carbonyl (C=O) groups excluding carboxylic acids is 2. The Hall–Kier alpha value is -4.73. The maximum Gasteiger partial charge on any atom is 0.201 e. The van der Waals surface area contributed by atoms with Crippen LogP contribution in [-0.4, -0.2) is 34.5 Å². The third kappa shape index (κ3) is 7.33. The van der Waals surface area contributed by atoms with Crippen LogP contribution in [0.15, 0.2) is 115 Å². The van der Waals surface area contributed by atoms with E-state index in [2.05, 4.69) is 91.0 Å². The average molecular weight is 672 g/mol. The quantitative estimate of drug-likeness (QED) is 0.0844. The molecular weight excluding hydrogens is 627 g/mol. The first kappa shape index (κ1) is 34.1. The number of unbranched alkanes of at least 4 members (excludes halogenated alkanes) is 7. The fourth-order valence-electron chi connectivity index (χ4n) is 7.14. The minimum Gasteiger partial charge on any atom is -0.507 e. The molecule has 1 aliphatic rings. The van der Waals surface area contributed by atoms with E-state index >= 15 is 0 Å². The van der Waals surface area contributed by atoms with Gasteiger partial charge >= 0.3 is 0 Å². The van der Waals surface area contributed by atoms with Gasteiger partial charge in [-0.05, 0) is 86.3 Å². The second-order valence-corrected chi connectivity index (χ2v) is 16.6. The Bertz CT molecular complexity index is 1810. The molecule has 0 aromatic heterocycles. The van der Waals surface area contributed by atoms with Crippen molar-refractivity contribution < 1.29 is 24.5 Å². The highest BCUT2D eigenvalue weighted by atomic mass is 31.2. The number of hydrogen-bond donors (Lipinski definition) is 2. The monoisotopic (exact) mass is 671 g/mol. The van der Waals surface area contributed by atoms with E-state index in [-0.39, 0.29) is 33.8 Å². The maximum absolute atomic E-state index is 13.2. The van der Waals surface area contributed by atoms with Gasteiger partial charge in [0.05, 0.1) is 23.9 Å². The summed E-state index contributed by atoms with van der Waals surface area (Å²) in [5, 5.41) is 25.3. The van der Waals surface area contributed by atoms with Crippen LogP contribution in [-0.2, 0) is 0 Å². The van der Waals surface area contributed by atoms with Gasteiger partial charge in [-0.25, -0.2) is 0 Å². The van der Waals surface area contributed by atoms with Crippen molar-refractivity contribution in [3.63, 3.8) is 0 Å². The number of phenolic OH excluding ortho intramolecular Hbond substituents is 2. The number of fused-ring (bicyclic) bond motifs is 2. The first-order valence-corrected chi connectivity index (χ1v) is 19.4. The molecule has 6 rings (SSSR count). The van der Waals surface area contributed by atoms with Gasteiger partial charge in [-0.1, -0.05) is 86.7 Å². The molecule has 0 saturated carbocycles. The largest absolute Gasteiger partial charge is 0.507 e. The Labute approximate surface area is 290 Å². The van der Waals surface area contributed by atoms with E-state index in [4.69, 9.17) is 4.74 Å². The van der Waals surface area contributed by atoms with Crippen LogP contribution in [0.3, 0.4) is 0 Å². The molecule has 0 heterocycles. The molecule has 250 valence electrons. The van der Waals surface area contributed by atoms with Crippen molar-refractivity contribution in [1.29, 1.82) is 0 Å². The molecule has 0 bridgehead atoms. The third-order valence-corrected chi connectivity index (χ3v) is 14.1. The number of rotatable bonds is 15. The normalized spacial score (nSPS) is 12.4. The summed E-state index contributed by atoms with van der Waals surface area (Å²) < 4.78 is 5.90. The van der Waals surface area contributed by atoms with E-state index in [1.165, 1.54) is 66.2 Å². The van der Waals surface area contributed by atoms with Gasteiger partial charge in [0.1, 0.15) is 40.4 Å². The summed E-state index contributed by atoms with van der Waals surface area (Å²) >= 11 is 0. The number of phenols is 2. The molecule has 0 fully saturated rings. The molecule has 6 heteroatoms. The van der Waals surface area contributed by atoms with Gasteiger partial charge in [-0.15, -0.1) is 0 Å². The number of ketones is 2. The van der Waals surface area contributed by atoms with Crippen LogP contribution in [0.4, 0.5) is 0 Å². The van der Waals surface area contributed by atoms with Crippen molar-refractivity contribution in [3.8, 4) is 17.2 Å². The summed E-state index contributed by atoms with van der Waals surface area (Å²) in [5.41, 5.74) is 0.782. The highest BCUT2D eigenvalue weighted by Crippen LogP contribution is 2.56. The molecule has 0 radical (unpaired) electrons. The minimum atomic E-state index is -1.76. The zero-order valence-corrected chi connectivity index (χ0v) is 29.0.